The predicted molar refractivity (Wildman–Crippen MR) is 81.2 cm³/mol. The second-order valence-corrected chi connectivity index (χ2v) is 4.99. The van der Waals surface area contributed by atoms with Gasteiger partial charge in [-0.1, -0.05) is 12.1 Å². The van der Waals surface area contributed by atoms with Crippen molar-refractivity contribution in [3.8, 4) is 0 Å². The lowest BCUT2D eigenvalue weighted by Gasteiger charge is -2.16. The lowest BCUT2D eigenvalue weighted by atomic mass is 10.2. The van der Waals surface area contributed by atoms with Crippen LogP contribution in [0, 0.1) is 6.92 Å². The largest absolute Gasteiger partial charge is 0.395 e. The van der Waals surface area contributed by atoms with E-state index in [1.807, 2.05) is 48.3 Å². The van der Waals surface area contributed by atoms with Gasteiger partial charge < -0.3 is 15.3 Å². The molecule has 1 heterocycles. The van der Waals surface area contributed by atoms with Gasteiger partial charge in [0.05, 0.1) is 19.3 Å². The topological polar surface area (TPSA) is 70.4 Å². The number of likely N-dealkylation sites (N-methyl/N-ethyl adjacent to an activating group) is 1. The minimum absolute atomic E-state index is 0.0495. The summed E-state index contributed by atoms with van der Waals surface area (Å²) in [6.07, 6.45) is 3.81. The standard InChI is InChI=1S/C15H20N4O2/c1-12-9-16-19(10-12)11-13-3-5-14(6-4-13)17-15(21)18(2)7-8-20/h3-6,9-10,20H,7-8,11H2,1-2H3,(H,17,21). The van der Waals surface area contributed by atoms with Crippen LogP contribution in [0.25, 0.3) is 0 Å². The zero-order valence-electron chi connectivity index (χ0n) is 12.3. The molecule has 1 aromatic carbocycles. The summed E-state index contributed by atoms with van der Waals surface area (Å²) in [6, 6.07) is 7.39. The molecule has 2 aromatic rings. The third-order valence-electron chi connectivity index (χ3n) is 3.09. The molecule has 0 spiro atoms. The van der Waals surface area contributed by atoms with E-state index in [1.54, 1.807) is 7.05 Å². The summed E-state index contributed by atoms with van der Waals surface area (Å²) in [5, 5.41) is 15.8. The van der Waals surface area contributed by atoms with Gasteiger partial charge in [0, 0.05) is 25.5 Å². The number of amides is 2. The highest BCUT2D eigenvalue weighted by Gasteiger charge is 2.07. The molecule has 0 fully saturated rings. The second-order valence-electron chi connectivity index (χ2n) is 4.99. The number of hydrogen-bond donors (Lipinski definition) is 2. The van der Waals surface area contributed by atoms with Gasteiger partial charge in [-0.15, -0.1) is 0 Å². The molecule has 0 radical (unpaired) electrons. The van der Waals surface area contributed by atoms with Crippen LogP contribution in [-0.2, 0) is 6.54 Å². The van der Waals surface area contributed by atoms with Crippen molar-refractivity contribution in [3.63, 3.8) is 0 Å². The molecule has 2 rings (SSSR count). The average molecular weight is 288 g/mol. The van der Waals surface area contributed by atoms with Gasteiger partial charge in [-0.25, -0.2) is 4.79 Å². The summed E-state index contributed by atoms with van der Waals surface area (Å²) < 4.78 is 1.87. The van der Waals surface area contributed by atoms with Gasteiger partial charge in [0.2, 0.25) is 0 Å². The molecule has 2 amide bonds. The molecule has 0 aliphatic rings. The molecule has 2 N–H and O–H groups in total. The van der Waals surface area contributed by atoms with Crippen LogP contribution in [0.3, 0.4) is 0 Å². The van der Waals surface area contributed by atoms with Crippen LogP contribution in [0.2, 0.25) is 0 Å². The SMILES string of the molecule is Cc1cnn(Cc2ccc(NC(=O)N(C)CCO)cc2)c1. The van der Waals surface area contributed by atoms with Crippen LogP contribution >= 0.6 is 0 Å². The number of hydrogen-bond acceptors (Lipinski definition) is 3. The summed E-state index contributed by atoms with van der Waals surface area (Å²) in [7, 11) is 1.64. The Morgan fingerprint density at radius 3 is 2.67 bits per heavy atom. The normalized spacial score (nSPS) is 10.4. The van der Waals surface area contributed by atoms with Gasteiger partial charge in [-0.2, -0.15) is 5.10 Å². The molecule has 6 nitrogen and oxygen atoms in total. The highest BCUT2D eigenvalue weighted by molar-refractivity contribution is 5.89. The first-order chi connectivity index (χ1) is 10.1. The molecule has 1 aromatic heterocycles. The van der Waals surface area contributed by atoms with Gasteiger partial charge in [0.1, 0.15) is 0 Å². The first-order valence-electron chi connectivity index (χ1n) is 6.79. The van der Waals surface area contributed by atoms with E-state index in [0.717, 1.165) is 16.8 Å². The van der Waals surface area contributed by atoms with Crippen molar-refractivity contribution < 1.29 is 9.90 Å². The van der Waals surface area contributed by atoms with Crippen molar-refractivity contribution in [1.82, 2.24) is 14.7 Å². The number of anilines is 1. The number of nitrogens with zero attached hydrogens (tertiary/aromatic N) is 3. The number of aliphatic hydroxyl groups excluding tert-OH is 1. The fourth-order valence-corrected chi connectivity index (χ4v) is 1.90. The van der Waals surface area contributed by atoms with E-state index in [0.29, 0.717) is 13.1 Å². The predicted octanol–water partition coefficient (Wildman–Crippen LogP) is 1.70. The van der Waals surface area contributed by atoms with Gasteiger partial charge in [0.25, 0.3) is 0 Å². The molecular formula is C15H20N4O2. The molecule has 0 saturated carbocycles. The van der Waals surface area contributed by atoms with Gasteiger partial charge >= 0.3 is 6.03 Å². The Morgan fingerprint density at radius 2 is 2.10 bits per heavy atom. The van der Waals surface area contributed by atoms with Crippen molar-refractivity contribution >= 4 is 11.7 Å². The summed E-state index contributed by atoms with van der Waals surface area (Å²) in [4.78, 5) is 13.2. The first-order valence-corrected chi connectivity index (χ1v) is 6.79. The molecule has 0 aliphatic carbocycles. The molecule has 6 heteroatoms. The maximum atomic E-state index is 11.8. The van der Waals surface area contributed by atoms with Crippen molar-refractivity contribution in [1.29, 1.82) is 0 Å². The Morgan fingerprint density at radius 1 is 1.38 bits per heavy atom. The van der Waals surface area contributed by atoms with E-state index in [2.05, 4.69) is 10.4 Å². The Balaban J connectivity index is 1.94. The van der Waals surface area contributed by atoms with Gasteiger partial charge in [-0.05, 0) is 30.2 Å². The van der Waals surface area contributed by atoms with E-state index in [1.165, 1.54) is 4.90 Å². The number of rotatable bonds is 5. The van der Waals surface area contributed by atoms with Crippen molar-refractivity contribution in [2.24, 2.45) is 0 Å². The zero-order valence-corrected chi connectivity index (χ0v) is 12.3. The number of aliphatic hydroxyl groups is 1. The van der Waals surface area contributed by atoms with Crippen LogP contribution < -0.4 is 5.32 Å². The van der Waals surface area contributed by atoms with E-state index in [9.17, 15) is 4.79 Å². The van der Waals surface area contributed by atoms with Crippen LogP contribution in [0.15, 0.2) is 36.7 Å². The highest BCUT2D eigenvalue weighted by Crippen LogP contribution is 2.11. The molecule has 0 unspecified atom stereocenters. The molecule has 0 atom stereocenters. The summed E-state index contributed by atoms with van der Waals surface area (Å²) in [6.45, 7) is 2.96. The van der Waals surface area contributed by atoms with Crippen molar-refractivity contribution in [2.45, 2.75) is 13.5 Å². The number of carbonyl (C=O) groups is 1. The lowest BCUT2D eigenvalue weighted by molar-refractivity contribution is 0.202. The molecule has 112 valence electrons. The van der Waals surface area contributed by atoms with E-state index < -0.39 is 0 Å². The molecule has 0 saturated heterocycles. The van der Waals surface area contributed by atoms with Gasteiger partial charge in [0.15, 0.2) is 0 Å². The minimum Gasteiger partial charge on any atom is -0.395 e. The van der Waals surface area contributed by atoms with E-state index in [-0.39, 0.29) is 12.6 Å². The smallest absolute Gasteiger partial charge is 0.321 e. The Labute approximate surface area is 124 Å². The molecule has 21 heavy (non-hydrogen) atoms. The average Bonchev–Trinajstić information content (AvgIpc) is 2.86. The molecule has 0 aliphatic heterocycles. The lowest BCUT2D eigenvalue weighted by Crippen LogP contribution is -2.33. The number of aryl methyl sites for hydroxylation is 1. The Bertz CT molecular complexity index is 592. The molecule has 0 bridgehead atoms. The van der Waals surface area contributed by atoms with Crippen LogP contribution in [0.4, 0.5) is 10.5 Å². The number of urea groups is 1. The maximum Gasteiger partial charge on any atom is 0.321 e. The summed E-state index contributed by atoms with van der Waals surface area (Å²) >= 11 is 0. The van der Waals surface area contributed by atoms with E-state index >= 15 is 0 Å². The quantitative estimate of drug-likeness (QED) is 0.879. The monoisotopic (exact) mass is 288 g/mol. The minimum atomic E-state index is -0.237. The second kappa shape index (κ2) is 6.90. The summed E-state index contributed by atoms with van der Waals surface area (Å²) in [5.74, 6) is 0. The number of aromatic nitrogens is 2. The van der Waals surface area contributed by atoms with Crippen LogP contribution in [0.5, 0.6) is 0 Å². The maximum absolute atomic E-state index is 11.8. The van der Waals surface area contributed by atoms with Crippen molar-refractivity contribution in [3.05, 3.63) is 47.8 Å². The fourth-order valence-electron chi connectivity index (χ4n) is 1.90. The number of carbonyl (C=O) groups excluding carboxylic acids is 1. The number of nitrogens with one attached hydrogen (secondary N) is 1. The highest BCUT2D eigenvalue weighted by atomic mass is 16.3. The number of benzene rings is 1. The third-order valence-corrected chi connectivity index (χ3v) is 3.09. The summed E-state index contributed by atoms with van der Waals surface area (Å²) in [5.41, 5.74) is 2.97. The molecular weight excluding hydrogens is 268 g/mol. The van der Waals surface area contributed by atoms with Crippen LogP contribution in [-0.4, -0.2) is 46.0 Å². The van der Waals surface area contributed by atoms with Crippen LogP contribution in [0.1, 0.15) is 11.1 Å². The first kappa shape index (κ1) is 15.1. The Hall–Kier alpha value is -2.34. The van der Waals surface area contributed by atoms with Crippen molar-refractivity contribution in [2.75, 3.05) is 25.5 Å². The fraction of sp³-hybridized carbons (Fsp3) is 0.333. The zero-order chi connectivity index (χ0) is 15.2. The van der Waals surface area contributed by atoms with E-state index in [4.69, 9.17) is 5.11 Å². The third kappa shape index (κ3) is 4.32. The van der Waals surface area contributed by atoms with Gasteiger partial charge in [-0.3, -0.25) is 4.68 Å². The Kier molecular flexibility index (Phi) is 4.94.